The highest BCUT2D eigenvalue weighted by Gasteiger charge is 2.44. The van der Waals surface area contributed by atoms with E-state index in [1.165, 1.54) is 0 Å². The molecule has 1 atom stereocenters. The molecular formula is C24H20ClNO3. The van der Waals surface area contributed by atoms with Crippen LogP contribution in [0.5, 0.6) is 0 Å². The Balaban J connectivity index is 1.68. The Kier molecular flexibility index (Phi) is 5.47. The molecule has 0 aromatic heterocycles. The van der Waals surface area contributed by atoms with Gasteiger partial charge < -0.3 is 4.74 Å². The fourth-order valence-electron chi connectivity index (χ4n) is 3.72. The van der Waals surface area contributed by atoms with E-state index in [1.54, 1.807) is 24.3 Å². The lowest BCUT2D eigenvalue weighted by Gasteiger charge is -2.42. The molecule has 0 spiro atoms. The minimum Gasteiger partial charge on any atom is -0.462 e. The van der Waals surface area contributed by atoms with Gasteiger partial charge in [0.1, 0.15) is 18.2 Å². The summed E-state index contributed by atoms with van der Waals surface area (Å²) in [5.74, 6) is -0.596. The zero-order valence-corrected chi connectivity index (χ0v) is 16.4. The first-order valence-electron chi connectivity index (χ1n) is 9.43. The van der Waals surface area contributed by atoms with Crippen LogP contribution in [0, 0.1) is 0 Å². The molecule has 3 aromatic rings. The van der Waals surface area contributed by atoms with E-state index in [9.17, 15) is 9.59 Å². The van der Waals surface area contributed by atoms with Gasteiger partial charge in [0.2, 0.25) is 0 Å². The third kappa shape index (κ3) is 3.95. The van der Waals surface area contributed by atoms with Crippen molar-refractivity contribution in [2.75, 3.05) is 6.61 Å². The third-order valence-corrected chi connectivity index (χ3v) is 5.44. The number of carbonyl (C=O) groups is 2. The Morgan fingerprint density at radius 2 is 1.59 bits per heavy atom. The van der Waals surface area contributed by atoms with E-state index in [0.29, 0.717) is 10.6 Å². The lowest BCUT2D eigenvalue weighted by atomic mass is 9.81. The largest absolute Gasteiger partial charge is 0.462 e. The average molecular weight is 406 g/mol. The molecule has 146 valence electrons. The molecule has 1 fully saturated rings. The summed E-state index contributed by atoms with van der Waals surface area (Å²) in [4.78, 5) is 25.3. The standard InChI is InChI=1S/C24H20ClNO3/c25-20-13-7-8-17(14-20)22(27)15-21-23(28)29-16-24(26-21,18-9-3-1-4-10-18)19-11-5-2-6-12-19/h1-14,21,26H,15-16H2/t21-/m1/s1. The molecule has 1 heterocycles. The van der Waals surface area contributed by atoms with Gasteiger partial charge in [-0.2, -0.15) is 0 Å². The van der Waals surface area contributed by atoms with Gasteiger partial charge >= 0.3 is 5.97 Å². The van der Waals surface area contributed by atoms with Crippen molar-refractivity contribution >= 4 is 23.4 Å². The molecule has 0 saturated carbocycles. The van der Waals surface area contributed by atoms with Crippen molar-refractivity contribution in [1.82, 2.24) is 5.32 Å². The van der Waals surface area contributed by atoms with Gasteiger partial charge in [-0.05, 0) is 23.3 Å². The highest BCUT2D eigenvalue weighted by Crippen LogP contribution is 2.34. The maximum absolute atomic E-state index is 12.8. The summed E-state index contributed by atoms with van der Waals surface area (Å²) in [5, 5.41) is 3.92. The van der Waals surface area contributed by atoms with Crippen LogP contribution in [0.2, 0.25) is 5.02 Å². The number of ketones is 1. The molecular weight excluding hydrogens is 386 g/mol. The molecule has 0 amide bonds. The monoisotopic (exact) mass is 405 g/mol. The van der Waals surface area contributed by atoms with Crippen LogP contribution >= 0.6 is 11.6 Å². The number of ether oxygens (including phenoxy) is 1. The second-order valence-electron chi connectivity index (χ2n) is 7.08. The van der Waals surface area contributed by atoms with Gasteiger partial charge in [-0.15, -0.1) is 0 Å². The Morgan fingerprint density at radius 3 is 2.17 bits per heavy atom. The second kappa shape index (κ2) is 8.19. The highest BCUT2D eigenvalue weighted by molar-refractivity contribution is 6.31. The van der Waals surface area contributed by atoms with Crippen molar-refractivity contribution in [3.8, 4) is 0 Å². The van der Waals surface area contributed by atoms with E-state index in [2.05, 4.69) is 5.32 Å². The molecule has 5 heteroatoms. The van der Waals surface area contributed by atoms with Crippen LogP contribution in [0.1, 0.15) is 27.9 Å². The molecule has 29 heavy (non-hydrogen) atoms. The summed E-state index contributed by atoms with van der Waals surface area (Å²) in [5.41, 5.74) is 1.69. The number of benzene rings is 3. The first kappa shape index (κ1) is 19.4. The number of nitrogens with one attached hydrogen (secondary N) is 1. The minimum absolute atomic E-state index is 0.0133. The minimum atomic E-state index is -0.768. The normalized spacial score (nSPS) is 18.1. The van der Waals surface area contributed by atoms with Crippen molar-refractivity contribution in [2.24, 2.45) is 0 Å². The maximum atomic E-state index is 12.8. The third-order valence-electron chi connectivity index (χ3n) is 5.21. The van der Waals surface area contributed by atoms with Crippen LogP contribution < -0.4 is 5.32 Å². The van der Waals surface area contributed by atoms with Gasteiger partial charge in [0, 0.05) is 17.0 Å². The van der Waals surface area contributed by atoms with Crippen molar-refractivity contribution < 1.29 is 14.3 Å². The summed E-state index contributed by atoms with van der Waals surface area (Å²) >= 11 is 6.01. The Hall–Kier alpha value is -2.95. The topological polar surface area (TPSA) is 55.4 Å². The molecule has 1 aliphatic rings. The highest BCUT2D eigenvalue weighted by atomic mass is 35.5. The Morgan fingerprint density at radius 1 is 0.966 bits per heavy atom. The molecule has 4 rings (SSSR count). The zero-order valence-electron chi connectivity index (χ0n) is 15.7. The number of Topliss-reactive ketones (excluding diaryl/α,β-unsaturated/α-hetero) is 1. The first-order valence-corrected chi connectivity index (χ1v) is 9.80. The number of cyclic esters (lactones) is 1. The van der Waals surface area contributed by atoms with E-state index < -0.39 is 17.6 Å². The lowest BCUT2D eigenvalue weighted by molar-refractivity contribution is -0.154. The van der Waals surface area contributed by atoms with Gasteiger partial charge in [0.25, 0.3) is 0 Å². The van der Waals surface area contributed by atoms with Crippen molar-refractivity contribution in [3.63, 3.8) is 0 Å². The summed E-state index contributed by atoms with van der Waals surface area (Å²) < 4.78 is 5.60. The second-order valence-corrected chi connectivity index (χ2v) is 7.52. The molecule has 1 saturated heterocycles. The molecule has 0 bridgehead atoms. The predicted molar refractivity (Wildman–Crippen MR) is 112 cm³/mol. The average Bonchev–Trinajstić information content (AvgIpc) is 2.76. The Bertz CT molecular complexity index is 981. The van der Waals surface area contributed by atoms with Crippen molar-refractivity contribution in [2.45, 2.75) is 18.0 Å². The number of rotatable bonds is 5. The van der Waals surface area contributed by atoms with Gasteiger partial charge in [-0.1, -0.05) is 84.4 Å². The number of halogens is 1. The smallest absolute Gasteiger partial charge is 0.323 e. The van der Waals surface area contributed by atoms with E-state index in [1.807, 2.05) is 60.7 Å². The van der Waals surface area contributed by atoms with Crippen LogP contribution in [0.25, 0.3) is 0 Å². The number of morpholine rings is 1. The summed E-state index contributed by atoms with van der Waals surface area (Å²) in [7, 11) is 0. The number of hydrogen-bond acceptors (Lipinski definition) is 4. The van der Waals surface area contributed by atoms with E-state index in [0.717, 1.165) is 11.1 Å². The van der Waals surface area contributed by atoms with Gasteiger partial charge in [-0.25, -0.2) is 0 Å². The first-order chi connectivity index (χ1) is 14.1. The molecule has 1 N–H and O–H groups in total. The quantitative estimate of drug-likeness (QED) is 0.506. The van der Waals surface area contributed by atoms with Crippen LogP contribution in [-0.2, 0) is 15.1 Å². The van der Waals surface area contributed by atoms with Crippen molar-refractivity contribution in [1.29, 1.82) is 0 Å². The molecule has 0 unspecified atom stereocenters. The Labute approximate surface area is 174 Å². The van der Waals surface area contributed by atoms with Gasteiger partial charge in [-0.3, -0.25) is 14.9 Å². The maximum Gasteiger partial charge on any atom is 0.323 e. The molecule has 0 aliphatic carbocycles. The van der Waals surface area contributed by atoms with Crippen LogP contribution in [-0.4, -0.2) is 24.4 Å². The summed E-state index contributed by atoms with van der Waals surface area (Å²) in [6.07, 6.45) is -0.0133. The summed E-state index contributed by atoms with van der Waals surface area (Å²) in [6, 6.07) is 25.6. The predicted octanol–water partition coefficient (Wildman–Crippen LogP) is 4.37. The van der Waals surface area contributed by atoms with E-state index in [-0.39, 0.29) is 18.8 Å². The number of hydrogen-bond donors (Lipinski definition) is 1. The van der Waals surface area contributed by atoms with Crippen LogP contribution in [0.3, 0.4) is 0 Å². The zero-order chi connectivity index (χ0) is 20.3. The number of carbonyl (C=O) groups excluding carboxylic acids is 2. The fourth-order valence-corrected chi connectivity index (χ4v) is 3.91. The van der Waals surface area contributed by atoms with E-state index >= 15 is 0 Å². The molecule has 0 radical (unpaired) electrons. The lowest BCUT2D eigenvalue weighted by Crippen LogP contribution is -2.60. The molecule has 3 aromatic carbocycles. The van der Waals surface area contributed by atoms with Crippen LogP contribution in [0.15, 0.2) is 84.9 Å². The fraction of sp³-hybridized carbons (Fsp3) is 0.167. The van der Waals surface area contributed by atoms with Crippen LogP contribution in [0.4, 0.5) is 0 Å². The number of esters is 1. The van der Waals surface area contributed by atoms with Crippen molar-refractivity contribution in [3.05, 3.63) is 107 Å². The summed E-state index contributed by atoms with van der Waals surface area (Å²) in [6.45, 7) is 0.154. The van der Waals surface area contributed by atoms with Gasteiger partial charge in [0.15, 0.2) is 5.78 Å². The van der Waals surface area contributed by atoms with E-state index in [4.69, 9.17) is 16.3 Å². The molecule has 4 nitrogen and oxygen atoms in total. The van der Waals surface area contributed by atoms with Gasteiger partial charge in [0.05, 0.1) is 0 Å². The molecule has 1 aliphatic heterocycles. The SMILES string of the molecule is O=C(C[C@H]1NC(c2ccccc2)(c2ccccc2)COC1=O)c1cccc(Cl)c1.